The molecule has 0 aliphatic carbocycles. The van der Waals surface area contributed by atoms with Crippen molar-refractivity contribution in [3.63, 3.8) is 0 Å². The molecule has 0 unspecified atom stereocenters. The molecule has 6 heteroatoms. The third-order valence-electron chi connectivity index (χ3n) is 5.66. The summed E-state index contributed by atoms with van der Waals surface area (Å²) in [5.74, 6) is -0.225. The van der Waals surface area contributed by atoms with Crippen molar-refractivity contribution < 1.29 is 9.13 Å². The Morgan fingerprint density at radius 3 is 3.00 bits per heavy atom. The second-order valence-electron chi connectivity index (χ2n) is 7.18. The maximum Gasteiger partial charge on any atom is 0.124 e. The number of nitrogens with zero attached hydrogens (tertiary/aromatic N) is 3. The molecule has 2 aromatic heterocycles. The molecule has 0 bridgehead atoms. The lowest BCUT2D eigenvalue weighted by Crippen LogP contribution is -2.51. The predicted molar refractivity (Wildman–Crippen MR) is 96.5 cm³/mol. The van der Waals surface area contributed by atoms with E-state index in [1.165, 1.54) is 11.8 Å². The molecule has 1 fully saturated rings. The van der Waals surface area contributed by atoms with Crippen molar-refractivity contribution in [3.05, 3.63) is 59.6 Å². The topological polar surface area (TPSA) is 52.0 Å². The number of halogens is 1. The molecule has 1 N–H and O–H groups in total. The Kier molecular flexibility index (Phi) is 3.76. The fourth-order valence-electron chi connectivity index (χ4n) is 4.37. The summed E-state index contributed by atoms with van der Waals surface area (Å²) in [6, 6.07) is 6.87. The van der Waals surface area contributed by atoms with Gasteiger partial charge in [0.2, 0.25) is 0 Å². The number of pyridine rings is 1. The smallest absolute Gasteiger partial charge is 0.124 e. The normalized spacial score (nSPS) is 19.0. The van der Waals surface area contributed by atoms with Crippen LogP contribution in [-0.2, 0) is 23.2 Å². The molecule has 0 amide bonds. The van der Waals surface area contributed by atoms with Crippen LogP contribution in [0.3, 0.4) is 0 Å². The second kappa shape index (κ2) is 6.14. The summed E-state index contributed by atoms with van der Waals surface area (Å²) in [6.07, 6.45) is 6.48. The largest absolute Gasteiger partial charge is 0.381 e. The number of fused-ring (bicyclic) bond motifs is 3. The summed E-state index contributed by atoms with van der Waals surface area (Å²) in [5, 5.41) is 4.51. The molecule has 0 radical (unpaired) electrons. The van der Waals surface area contributed by atoms with Gasteiger partial charge in [0.25, 0.3) is 0 Å². The van der Waals surface area contributed by atoms with Crippen LogP contribution in [0.4, 0.5) is 4.39 Å². The van der Waals surface area contributed by atoms with Crippen molar-refractivity contribution >= 4 is 10.9 Å². The van der Waals surface area contributed by atoms with Gasteiger partial charge in [-0.05, 0) is 31.0 Å². The number of benzene rings is 1. The SMILES string of the molecule is Fc1cc(Cn2cnc3c2CCNC32CCOCC2)c2ncccc2c1. The van der Waals surface area contributed by atoms with Gasteiger partial charge in [0.1, 0.15) is 5.82 Å². The number of hydrogen-bond acceptors (Lipinski definition) is 4. The van der Waals surface area contributed by atoms with Crippen molar-refractivity contribution in [3.8, 4) is 0 Å². The van der Waals surface area contributed by atoms with E-state index in [-0.39, 0.29) is 11.4 Å². The summed E-state index contributed by atoms with van der Waals surface area (Å²) in [5.41, 5.74) is 4.06. The molecule has 5 rings (SSSR count). The molecule has 5 nitrogen and oxygen atoms in total. The maximum absolute atomic E-state index is 14.1. The summed E-state index contributed by atoms with van der Waals surface area (Å²) in [4.78, 5) is 9.23. The Bertz CT molecular complexity index is 962. The van der Waals surface area contributed by atoms with E-state index in [4.69, 9.17) is 9.72 Å². The fraction of sp³-hybridized carbons (Fsp3) is 0.400. The molecule has 4 heterocycles. The average Bonchev–Trinajstić information content (AvgIpc) is 3.07. The minimum Gasteiger partial charge on any atom is -0.381 e. The standard InChI is InChI=1S/C20H21FN4O/c21-16-10-14-2-1-6-22-18(14)15(11-16)12-25-13-23-19-17(25)3-7-24-20(19)4-8-26-9-5-20/h1-2,6,10-11,13,24H,3-5,7-9,12H2. The number of rotatable bonds is 2. The first-order valence-electron chi connectivity index (χ1n) is 9.16. The molecule has 1 aromatic carbocycles. The van der Waals surface area contributed by atoms with Crippen molar-refractivity contribution in [2.24, 2.45) is 0 Å². The number of aromatic nitrogens is 3. The van der Waals surface area contributed by atoms with Crippen molar-refractivity contribution in [2.75, 3.05) is 19.8 Å². The number of ether oxygens (including phenoxy) is 1. The van der Waals surface area contributed by atoms with Crippen LogP contribution >= 0.6 is 0 Å². The lowest BCUT2D eigenvalue weighted by atomic mass is 9.82. The highest BCUT2D eigenvalue weighted by atomic mass is 19.1. The Labute approximate surface area is 151 Å². The molecule has 0 saturated carbocycles. The lowest BCUT2D eigenvalue weighted by molar-refractivity contribution is 0.0322. The van der Waals surface area contributed by atoms with Crippen molar-refractivity contribution in [1.29, 1.82) is 0 Å². The van der Waals surface area contributed by atoms with Crippen molar-refractivity contribution in [2.45, 2.75) is 31.3 Å². The van der Waals surface area contributed by atoms with Crippen LogP contribution in [0.25, 0.3) is 10.9 Å². The van der Waals surface area contributed by atoms with Gasteiger partial charge in [-0.15, -0.1) is 0 Å². The molecule has 26 heavy (non-hydrogen) atoms. The zero-order chi connectivity index (χ0) is 17.6. The molecular weight excluding hydrogens is 331 g/mol. The van der Waals surface area contributed by atoms with Crippen LogP contribution in [0.5, 0.6) is 0 Å². The van der Waals surface area contributed by atoms with E-state index in [1.807, 2.05) is 18.5 Å². The Balaban J connectivity index is 1.55. The third kappa shape index (κ3) is 2.52. The predicted octanol–water partition coefficient (Wildman–Crippen LogP) is 2.77. The van der Waals surface area contributed by atoms with E-state index in [2.05, 4.69) is 14.9 Å². The number of imidazole rings is 1. The lowest BCUT2D eigenvalue weighted by Gasteiger charge is -2.40. The Morgan fingerprint density at radius 1 is 1.23 bits per heavy atom. The van der Waals surface area contributed by atoms with Gasteiger partial charge in [0.15, 0.2) is 0 Å². The average molecular weight is 352 g/mol. The number of hydrogen-bond donors (Lipinski definition) is 1. The molecule has 2 aliphatic rings. The highest BCUT2D eigenvalue weighted by Gasteiger charge is 2.40. The van der Waals surface area contributed by atoms with Crippen LogP contribution in [0.1, 0.15) is 29.8 Å². The summed E-state index contributed by atoms with van der Waals surface area (Å²) < 4.78 is 21.8. The first kappa shape index (κ1) is 15.9. The zero-order valence-electron chi connectivity index (χ0n) is 14.5. The molecular formula is C20H21FN4O. The monoisotopic (exact) mass is 352 g/mol. The van der Waals surface area contributed by atoms with Gasteiger partial charge in [-0.25, -0.2) is 9.37 Å². The van der Waals surface area contributed by atoms with Gasteiger partial charge in [0.05, 0.1) is 29.6 Å². The minimum atomic E-state index is -0.225. The molecule has 134 valence electrons. The maximum atomic E-state index is 14.1. The van der Waals surface area contributed by atoms with E-state index in [1.54, 1.807) is 12.3 Å². The van der Waals surface area contributed by atoms with Gasteiger partial charge >= 0.3 is 0 Å². The number of nitrogens with one attached hydrogen (secondary N) is 1. The summed E-state index contributed by atoms with van der Waals surface area (Å²) in [6.45, 7) is 3.04. The Morgan fingerprint density at radius 2 is 2.12 bits per heavy atom. The highest BCUT2D eigenvalue weighted by Crippen LogP contribution is 2.36. The molecule has 2 aliphatic heterocycles. The third-order valence-corrected chi connectivity index (χ3v) is 5.66. The molecule has 1 spiro atoms. The fourth-order valence-corrected chi connectivity index (χ4v) is 4.37. The van der Waals surface area contributed by atoms with Crippen molar-refractivity contribution in [1.82, 2.24) is 19.9 Å². The van der Waals surface area contributed by atoms with Gasteiger partial charge in [0, 0.05) is 49.0 Å². The van der Waals surface area contributed by atoms with Crippen LogP contribution in [0.15, 0.2) is 36.8 Å². The van der Waals surface area contributed by atoms with Gasteiger partial charge in [-0.1, -0.05) is 6.07 Å². The van der Waals surface area contributed by atoms with E-state index in [0.29, 0.717) is 6.54 Å². The van der Waals surface area contributed by atoms with Crippen LogP contribution < -0.4 is 5.32 Å². The van der Waals surface area contributed by atoms with E-state index in [9.17, 15) is 4.39 Å². The van der Waals surface area contributed by atoms with Gasteiger partial charge < -0.3 is 14.6 Å². The quantitative estimate of drug-likeness (QED) is 0.771. The van der Waals surface area contributed by atoms with Crippen LogP contribution in [0.2, 0.25) is 0 Å². The Hall–Kier alpha value is -2.31. The molecule has 3 aromatic rings. The van der Waals surface area contributed by atoms with E-state index >= 15 is 0 Å². The van der Waals surface area contributed by atoms with Gasteiger partial charge in [-0.3, -0.25) is 4.98 Å². The van der Waals surface area contributed by atoms with Crippen LogP contribution in [-0.4, -0.2) is 34.3 Å². The minimum absolute atomic E-state index is 0.0701. The second-order valence-corrected chi connectivity index (χ2v) is 7.18. The van der Waals surface area contributed by atoms with Crippen LogP contribution in [0, 0.1) is 5.82 Å². The van der Waals surface area contributed by atoms with Gasteiger partial charge in [-0.2, -0.15) is 0 Å². The summed E-state index contributed by atoms with van der Waals surface area (Å²) in [7, 11) is 0. The highest BCUT2D eigenvalue weighted by molar-refractivity contribution is 5.81. The molecule has 0 atom stereocenters. The first-order chi connectivity index (χ1) is 12.8. The van der Waals surface area contributed by atoms with E-state index in [0.717, 1.165) is 61.2 Å². The van der Waals surface area contributed by atoms with E-state index < -0.39 is 0 Å². The molecule has 1 saturated heterocycles. The first-order valence-corrected chi connectivity index (χ1v) is 9.16. The zero-order valence-corrected chi connectivity index (χ0v) is 14.5. The summed E-state index contributed by atoms with van der Waals surface area (Å²) >= 11 is 0.